The molecule has 0 fully saturated rings. The maximum absolute atomic E-state index is 9.67. The first-order valence-corrected chi connectivity index (χ1v) is 3.04. The zero-order valence-electron chi connectivity index (χ0n) is 3.31. The Kier molecular flexibility index (Phi) is 10.1. The van der Waals surface area contributed by atoms with Crippen molar-refractivity contribution >= 4 is 28.5 Å². The van der Waals surface area contributed by atoms with Crippen molar-refractivity contribution in [3.63, 3.8) is 0 Å². The van der Waals surface area contributed by atoms with Crippen LogP contribution in [-0.2, 0) is 10.3 Å². The van der Waals surface area contributed by atoms with E-state index in [9.17, 15) is 12.9 Å². The van der Waals surface area contributed by atoms with Gasteiger partial charge in [-0.15, -0.1) is 0 Å². The third kappa shape index (κ3) is 2660. The molecule has 0 aliphatic heterocycles. The predicted molar refractivity (Wildman–Crippen MR) is 23.9 cm³/mol. The Morgan fingerprint density at radius 3 is 1.50 bits per heavy atom. The molecule has 1 unspecified atom stereocenters. The van der Waals surface area contributed by atoms with Crippen molar-refractivity contribution in [3.8, 4) is 0 Å². The van der Waals surface area contributed by atoms with Crippen LogP contribution in [0, 0.1) is 0 Å². The predicted octanol–water partition coefficient (Wildman–Crippen LogP) is 0.899. The zero-order valence-corrected chi connectivity index (χ0v) is 4.89. The first-order valence-electron chi connectivity index (χ1n) is 1.14. The van der Waals surface area contributed by atoms with Crippen LogP contribution in [0.4, 0.5) is 12.9 Å². The lowest BCUT2D eigenvalue weighted by Crippen LogP contribution is -1.76. The molecule has 0 radical (unpaired) electrons. The van der Waals surface area contributed by atoms with Crippen LogP contribution < -0.4 is 0 Å². The van der Waals surface area contributed by atoms with Gasteiger partial charge in [0.15, 0.2) is 0 Å². The van der Waals surface area contributed by atoms with Gasteiger partial charge in [-0.3, -0.25) is 17.2 Å². The Bertz CT molecular complexity index is 61.5. The molecule has 0 saturated heterocycles. The quantitative estimate of drug-likeness (QED) is 0.305. The van der Waals surface area contributed by atoms with E-state index in [1.807, 2.05) is 0 Å². The van der Waals surface area contributed by atoms with Crippen LogP contribution in [0.2, 0.25) is 0 Å². The third-order valence-electron chi connectivity index (χ3n) is 0. The highest BCUT2D eigenvalue weighted by molar-refractivity contribution is 8.03. The fraction of sp³-hybridized carbons (Fsp3) is 0. The molecule has 0 amide bonds. The summed E-state index contributed by atoms with van der Waals surface area (Å²) in [6.45, 7) is 0. The van der Waals surface area contributed by atoms with Gasteiger partial charge in [0.2, 0.25) is 0 Å². The first kappa shape index (κ1) is 11.1. The minimum absolute atomic E-state index is 2.39. The molecule has 2 nitrogen and oxygen atoms in total. The standard InChI is InChI=1S/BF3.ClHO2S/c2-1(3)4;1-4(2)3/h;(H,2,3)/p-1. The normalized spacial score (nSPS) is 11.1. The van der Waals surface area contributed by atoms with Gasteiger partial charge >= 0.3 is 7.54 Å². The van der Waals surface area contributed by atoms with Crippen LogP contribution in [0.3, 0.4) is 0 Å². The second-order valence-electron chi connectivity index (χ2n) is 0.441. The summed E-state index contributed by atoms with van der Waals surface area (Å²) < 4.78 is 46.5. The minimum Gasteiger partial charge on any atom is -0.760 e. The summed E-state index contributed by atoms with van der Waals surface area (Å²) in [5.74, 6) is 0. The number of hydrogen-bond donors (Lipinski definition) is 0. The molecule has 0 heterocycles. The van der Waals surface area contributed by atoms with Crippen LogP contribution in [0.15, 0.2) is 0 Å². The maximum Gasteiger partial charge on any atom is 0.762 e. The fourth-order valence-corrected chi connectivity index (χ4v) is 0. The molecule has 8 heavy (non-hydrogen) atoms. The van der Waals surface area contributed by atoms with Gasteiger partial charge in [0, 0.05) is 10.3 Å². The van der Waals surface area contributed by atoms with Crippen LogP contribution >= 0.6 is 10.7 Å². The molecule has 0 aliphatic rings. The minimum atomic E-state index is -3.67. The Hall–Kier alpha value is 0.255. The van der Waals surface area contributed by atoms with Gasteiger partial charge in [-0.1, -0.05) is 0 Å². The number of halogens is 4. The monoisotopic (exact) mass is 167 g/mol. The Morgan fingerprint density at radius 1 is 1.50 bits per heavy atom. The van der Waals surface area contributed by atoms with Crippen LogP contribution in [-0.4, -0.2) is 16.3 Å². The third-order valence-corrected chi connectivity index (χ3v) is 0. The van der Waals surface area contributed by atoms with Crippen molar-refractivity contribution in [3.05, 3.63) is 0 Å². The first-order chi connectivity index (χ1) is 3.46. The van der Waals surface area contributed by atoms with Crippen molar-refractivity contribution in [2.45, 2.75) is 0 Å². The van der Waals surface area contributed by atoms with E-state index >= 15 is 0 Å². The molecule has 0 aromatic rings. The molecule has 0 aliphatic carbocycles. The maximum atomic E-state index is 9.67. The summed E-state index contributed by atoms with van der Waals surface area (Å²) in [6, 6.07) is 0. The topological polar surface area (TPSA) is 40.1 Å². The largest absolute Gasteiger partial charge is 0.762 e. The average Bonchev–Trinajstić information content (AvgIpc) is 1.25. The van der Waals surface area contributed by atoms with Gasteiger partial charge in [-0.25, -0.2) is 0 Å². The van der Waals surface area contributed by atoms with Crippen LogP contribution in [0.25, 0.3) is 0 Å². The van der Waals surface area contributed by atoms with E-state index in [0.29, 0.717) is 0 Å². The lowest BCUT2D eigenvalue weighted by atomic mass is 10.5. The molecule has 0 aromatic heterocycles. The second kappa shape index (κ2) is 7.25. The van der Waals surface area contributed by atoms with E-state index < -0.39 is 17.8 Å². The van der Waals surface area contributed by atoms with E-state index in [4.69, 9.17) is 8.76 Å². The van der Waals surface area contributed by atoms with Gasteiger partial charge in [0.25, 0.3) is 0 Å². The summed E-state index contributed by atoms with van der Waals surface area (Å²) in [4.78, 5) is 0. The summed E-state index contributed by atoms with van der Waals surface area (Å²) in [5.41, 5.74) is 0. The Morgan fingerprint density at radius 2 is 1.50 bits per heavy atom. The SMILES string of the molecule is FB(F)F.O=S([O-])Cl. The van der Waals surface area contributed by atoms with Gasteiger partial charge in [0.1, 0.15) is 0 Å². The van der Waals surface area contributed by atoms with Crippen molar-refractivity contribution < 1.29 is 21.7 Å². The van der Waals surface area contributed by atoms with E-state index in [0.717, 1.165) is 0 Å². The molecular weight excluding hydrogens is 167 g/mol. The molecule has 1 atom stereocenters. The Balaban J connectivity index is 0. The molecular formula is BClF3O2S-. The molecule has 0 rings (SSSR count). The fourth-order valence-electron chi connectivity index (χ4n) is 0. The summed E-state index contributed by atoms with van der Waals surface area (Å²) in [7, 11) is -1.86. The molecule has 0 saturated carbocycles. The van der Waals surface area contributed by atoms with E-state index in [1.54, 1.807) is 0 Å². The summed E-state index contributed by atoms with van der Waals surface area (Å²) >= 11 is 0. The molecule has 0 bridgehead atoms. The van der Waals surface area contributed by atoms with Crippen LogP contribution in [0.5, 0.6) is 0 Å². The van der Waals surface area contributed by atoms with Gasteiger partial charge < -0.3 is 4.55 Å². The summed E-state index contributed by atoms with van der Waals surface area (Å²) in [5, 5.41) is 0. The molecule has 8 heteroatoms. The van der Waals surface area contributed by atoms with Crippen molar-refractivity contribution in [1.29, 1.82) is 0 Å². The van der Waals surface area contributed by atoms with Crippen molar-refractivity contribution in [1.82, 2.24) is 0 Å². The molecule has 0 N–H and O–H groups in total. The average molecular weight is 167 g/mol. The molecule has 0 aromatic carbocycles. The van der Waals surface area contributed by atoms with Gasteiger partial charge in [-0.2, -0.15) is 0 Å². The Labute approximate surface area is 51.0 Å². The highest BCUT2D eigenvalue weighted by Gasteiger charge is 2.06. The van der Waals surface area contributed by atoms with E-state index in [2.05, 4.69) is 10.7 Å². The highest BCUT2D eigenvalue weighted by Crippen LogP contribution is 1.80. The van der Waals surface area contributed by atoms with Crippen molar-refractivity contribution in [2.24, 2.45) is 0 Å². The van der Waals surface area contributed by atoms with E-state index in [1.165, 1.54) is 0 Å². The molecule has 50 valence electrons. The summed E-state index contributed by atoms with van der Waals surface area (Å²) in [6.07, 6.45) is 0. The van der Waals surface area contributed by atoms with Gasteiger partial charge in [-0.05, 0) is 10.7 Å². The smallest absolute Gasteiger partial charge is 0.760 e. The lowest BCUT2D eigenvalue weighted by molar-refractivity contribution is 0.535. The highest BCUT2D eigenvalue weighted by atomic mass is 35.7. The number of hydrogen-bond acceptors (Lipinski definition) is 2. The van der Waals surface area contributed by atoms with Crippen LogP contribution in [0.1, 0.15) is 0 Å². The van der Waals surface area contributed by atoms with Crippen molar-refractivity contribution in [2.75, 3.05) is 0 Å². The molecule has 0 spiro atoms. The number of rotatable bonds is 0. The second-order valence-corrected chi connectivity index (χ2v) is 1.59. The van der Waals surface area contributed by atoms with Gasteiger partial charge in [0.05, 0.1) is 0 Å². The van der Waals surface area contributed by atoms with E-state index in [-0.39, 0.29) is 0 Å². The lowest BCUT2D eigenvalue weighted by Gasteiger charge is -1.80. The zero-order chi connectivity index (χ0) is 7.15.